The van der Waals surface area contributed by atoms with Crippen LogP contribution in [0, 0.1) is 6.92 Å². The highest BCUT2D eigenvalue weighted by Crippen LogP contribution is 2.23. The summed E-state index contributed by atoms with van der Waals surface area (Å²) in [5.74, 6) is 1.24. The van der Waals surface area contributed by atoms with E-state index in [9.17, 15) is 0 Å². The molecule has 0 radical (unpaired) electrons. The summed E-state index contributed by atoms with van der Waals surface area (Å²) in [4.78, 5) is 9.36. The number of benzene rings is 1. The summed E-state index contributed by atoms with van der Waals surface area (Å²) in [6.45, 7) is 6.74. The van der Waals surface area contributed by atoms with E-state index in [1.54, 1.807) is 11.3 Å². The van der Waals surface area contributed by atoms with Gasteiger partial charge in [0.25, 0.3) is 0 Å². The Bertz CT molecular complexity index is 863. The smallest absolute Gasteiger partial charge is 0.247 e. The van der Waals surface area contributed by atoms with E-state index in [-0.39, 0.29) is 0 Å². The first-order chi connectivity index (χ1) is 12.7. The molecule has 1 aliphatic rings. The summed E-state index contributed by atoms with van der Waals surface area (Å²) < 4.78 is 6.90. The van der Waals surface area contributed by atoms with Crippen LogP contribution in [-0.2, 0) is 6.54 Å². The van der Waals surface area contributed by atoms with Crippen LogP contribution in [0.5, 0.6) is 0 Å². The average molecular weight is 434 g/mol. The van der Waals surface area contributed by atoms with Crippen molar-refractivity contribution >= 4 is 32.4 Å². The van der Waals surface area contributed by atoms with E-state index in [0.717, 1.165) is 53.5 Å². The Morgan fingerprint density at radius 1 is 1.12 bits per heavy atom. The van der Waals surface area contributed by atoms with E-state index in [4.69, 9.17) is 4.42 Å². The zero-order chi connectivity index (χ0) is 17.9. The van der Waals surface area contributed by atoms with Crippen molar-refractivity contribution in [3.05, 3.63) is 45.7 Å². The van der Waals surface area contributed by atoms with Gasteiger partial charge in [0.1, 0.15) is 0 Å². The summed E-state index contributed by atoms with van der Waals surface area (Å²) in [6, 6.07) is 7.90. The molecular weight excluding hydrogens is 414 g/mol. The molecule has 3 heterocycles. The normalized spacial score (nSPS) is 16.0. The first-order valence-corrected chi connectivity index (χ1v) is 10.3. The number of nitrogens with zero attached hydrogens (tertiary/aromatic N) is 5. The van der Waals surface area contributed by atoms with Crippen LogP contribution in [-0.4, -0.2) is 46.3 Å². The van der Waals surface area contributed by atoms with Crippen LogP contribution >= 0.6 is 27.3 Å². The lowest BCUT2D eigenvalue weighted by Crippen LogP contribution is -2.30. The van der Waals surface area contributed by atoms with Crippen molar-refractivity contribution in [2.75, 3.05) is 31.1 Å². The minimum Gasteiger partial charge on any atom is -0.419 e. The molecule has 1 aliphatic heterocycles. The predicted octanol–water partition coefficient (Wildman–Crippen LogP) is 3.98. The second-order valence-electron chi connectivity index (χ2n) is 6.40. The molecular formula is C18H20BrN5OS. The maximum absolute atomic E-state index is 5.86. The average Bonchev–Trinajstić information content (AvgIpc) is 3.21. The minimum absolute atomic E-state index is 0.571. The topological polar surface area (TPSA) is 58.3 Å². The summed E-state index contributed by atoms with van der Waals surface area (Å²) >= 11 is 5.16. The van der Waals surface area contributed by atoms with Gasteiger partial charge in [-0.2, -0.15) is 0 Å². The molecule has 8 heteroatoms. The Balaban J connectivity index is 1.38. The van der Waals surface area contributed by atoms with E-state index in [2.05, 4.69) is 46.3 Å². The summed E-state index contributed by atoms with van der Waals surface area (Å²) in [7, 11) is 0. The highest BCUT2D eigenvalue weighted by Gasteiger charge is 2.19. The van der Waals surface area contributed by atoms with Crippen LogP contribution < -0.4 is 4.90 Å². The lowest BCUT2D eigenvalue weighted by Gasteiger charge is -2.20. The van der Waals surface area contributed by atoms with E-state index < -0.39 is 0 Å². The Morgan fingerprint density at radius 2 is 1.96 bits per heavy atom. The Kier molecular flexibility index (Phi) is 5.33. The van der Waals surface area contributed by atoms with Gasteiger partial charge in [-0.1, -0.05) is 15.9 Å². The molecule has 0 N–H and O–H groups in total. The summed E-state index contributed by atoms with van der Waals surface area (Å²) in [6.07, 6.45) is 1.10. The first-order valence-electron chi connectivity index (χ1n) is 8.65. The maximum atomic E-state index is 5.86. The van der Waals surface area contributed by atoms with E-state index in [0.29, 0.717) is 18.3 Å². The highest BCUT2D eigenvalue weighted by atomic mass is 79.9. The lowest BCUT2D eigenvalue weighted by atomic mass is 10.2. The minimum atomic E-state index is 0.571. The van der Waals surface area contributed by atoms with Crippen molar-refractivity contribution in [1.29, 1.82) is 0 Å². The zero-order valence-corrected chi connectivity index (χ0v) is 17.0. The van der Waals surface area contributed by atoms with Crippen LogP contribution in [0.3, 0.4) is 0 Å². The number of rotatable bonds is 4. The fourth-order valence-corrected chi connectivity index (χ4v) is 4.15. The number of anilines is 1. The molecule has 2 aromatic heterocycles. The number of halogens is 1. The third-order valence-electron chi connectivity index (χ3n) is 4.38. The molecule has 0 bridgehead atoms. The van der Waals surface area contributed by atoms with Crippen LogP contribution in [0.2, 0.25) is 0 Å². The molecule has 0 spiro atoms. The van der Waals surface area contributed by atoms with Gasteiger partial charge >= 0.3 is 0 Å². The molecule has 0 amide bonds. The second-order valence-corrected chi connectivity index (χ2v) is 8.15. The second kappa shape index (κ2) is 7.85. The Morgan fingerprint density at radius 3 is 2.73 bits per heavy atom. The van der Waals surface area contributed by atoms with Crippen LogP contribution in [0.15, 0.2) is 38.5 Å². The van der Waals surface area contributed by atoms with Crippen LogP contribution in [0.1, 0.15) is 18.0 Å². The number of hydrogen-bond acceptors (Lipinski definition) is 7. The SMILES string of the molecule is Cc1csc(N2CCCN(Cc3nnc(-c4ccc(Br)cc4)o3)CC2)n1. The van der Waals surface area contributed by atoms with Gasteiger partial charge in [-0.05, 0) is 37.6 Å². The van der Waals surface area contributed by atoms with Gasteiger partial charge in [0.05, 0.1) is 12.2 Å². The number of hydrogen-bond donors (Lipinski definition) is 0. The van der Waals surface area contributed by atoms with Crippen LogP contribution in [0.25, 0.3) is 11.5 Å². The predicted molar refractivity (Wildman–Crippen MR) is 106 cm³/mol. The molecule has 1 saturated heterocycles. The van der Waals surface area contributed by atoms with Crippen molar-refractivity contribution in [1.82, 2.24) is 20.1 Å². The zero-order valence-electron chi connectivity index (χ0n) is 14.6. The van der Waals surface area contributed by atoms with Gasteiger partial charge in [0, 0.05) is 41.6 Å². The van der Waals surface area contributed by atoms with Gasteiger partial charge in [-0.3, -0.25) is 4.90 Å². The molecule has 0 atom stereocenters. The first kappa shape index (κ1) is 17.6. The number of thiazole rings is 1. The monoisotopic (exact) mass is 433 g/mol. The van der Waals surface area contributed by atoms with Crippen molar-refractivity contribution in [3.8, 4) is 11.5 Å². The van der Waals surface area contributed by atoms with E-state index in [1.807, 2.05) is 31.2 Å². The molecule has 6 nitrogen and oxygen atoms in total. The molecule has 0 unspecified atom stereocenters. The molecule has 1 fully saturated rings. The molecule has 26 heavy (non-hydrogen) atoms. The van der Waals surface area contributed by atoms with Gasteiger partial charge in [-0.25, -0.2) is 4.98 Å². The van der Waals surface area contributed by atoms with E-state index >= 15 is 0 Å². The van der Waals surface area contributed by atoms with Crippen molar-refractivity contribution < 1.29 is 4.42 Å². The Labute approximate surface area is 165 Å². The van der Waals surface area contributed by atoms with Crippen LogP contribution in [0.4, 0.5) is 5.13 Å². The number of aromatic nitrogens is 3. The molecule has 1 aromatic carbocycles. The highest BCUT2D eigenvalue weighted by molar-refractivity contribution is 9.10. The van der Waals surface area contributed by atoms with Gasteiger partial charge in [0.2, 0.25) is 11.8 Å². The third-order valence-corrected chi connectivity index (χ3v) is 5.93. The van der Waals surface area contributed by atoms with E-state index in [1.165, 1.54) is 0 Å². The molecule has 136 valence electrons. The molecule has 3 aromatic rings. The number of aryl methyl sites for hydroxylation is 1. The quantitative estimate of drug-likeness (QED) is 0.619. The summed E-state index contributed by atoms with van der Waals surface area (Å²) in [5, 5.41) is 11.7. The molecule has 0 aliphatic carbocycles. The van der Waals surface area contributed by atoms with Gasteiger partial charge < -0.3 is 9.32 Å². The van der Waals surface area contributed by atoms with Crippen molar-refractivity contribution in [3.63, 3.8) is 0 Å². The largest absolute Gasteiger partial charge is 0.419 e. The maximum Gasteiger partial charge on any atom is 0.247 e. The van der Waals surface area contributed by atoms with Gasteiger partial charge in [0.15, 0.2) is 5.13 Å². The fraction of sp³-hybridized carbons (Fsp3) is 0.389. The lowest BCUT2D eigenvalue weighted by molar-refractivity contribution is 0.256. The summed E-state index contributed by atoms with van der Waals surface area (Å²) in [5.41, 5.74) is 2.03. The van der Waals surface area contributed by atoms with Crippen molar-refractivity contribution in [2.45, 2.75) is 19.9 Å². The third kappa shape index (κ3) is 4.13. The standard InChI is InChI=1S/C18H20BrN5OS/c1-13-12-26-18(20-13)24-8-2-7-23(9-10-24)11-16-21-22-17(25-16)14-3-5-15(19)6-4-14/h3-6,12H,2,7-11H2,1H3. The fourth-order valence-electron chi connectivity index (χ4n) is 3.03. The molecule has 4 rings (SSSR count). The Hall–Kier alpha value is -1.77. The van der Waals surface area contributed by atoms with Gasteiger partial charge in [-0.15, -0.1) is 21.5 Å². The molecule has 0 saturated carbocycles. The van der Waals surface area contributed by atoms with Crippen molar-refractivity contribution in [2.24, 2.45) is 0 Å².